The minimum atomic E-state index is 0.567. The lowest BCUT2D eigenvalue weighted by molar-refractivity contribution is 1.16. The molecule has 0 aliphatic rings. The Kier molecular flexibility index (Phi) is 27.1. The summed E-state index contributed by atoms with van der Waals surface area (Å²) < 4.78 is 0. The Balaban J connectivity index is 0.000000124. The first-order valence-corrected chi connectivity index (χ1v) is 48.6. The molecule has 0 saturated heterocycles. The second-order valence-electron chi connectivity index (χ2n) is 35.3. The van der Waals surface area contributed by atoms with Gasteiger partial charge in [-0.2, -0.15) is 0 Å². The predicted molar refractivity (Wildman–Crippen MR) is 593 cm³/mol. The van der Waals surface area contributed by atoms with Crippen LogP contribution in [0.3, 0.4) is 0 Å². The molecular formula is C129H85N21. The normalized spacial score (nSPS) is 10.9. The average molecular weight is 1930 g/mol. The van der Waals surface area contributed by atoms with E-state index in [2.05, 4.69) is 360 Å². The first kappa shape index (κ1) is 92.7. The van der Waals surface area contributed by atoms with Crippen molar-refractivity contribution in [3.05, 3.63) is 519 Å². The van der Waals surface area contributed by atoms with Gasteiger partial charge in [0, 0.05) is 199 Å². The van der Waals surface area contributed by atoms with Gasteiger partial charge >= 0.3 is 0 Å². The van der Waals surface area contributed by atoms with Crippen molar-refractivity contribution in [2.24, 2.45) is 0 Å². The molecule has 11 heterocycles. The fourth-order valence-electron chi connectivity index (χ4n) is 18.3. The average Bonchev–Trinajstić information content (AvgIpc) is 1.09. The van der Waals surface area contributed by atoms with Gasteiger partial charge in [-0.25, -0.2) is 99.7 Å². The molecule has 21 nitrogen and oxygen atoms in total. The van der Waals surface area contributed by atoms with Crippen molar-refractivity contribution in [1.82, 2.24) is 105 Å². The van der Waals surface area contributed by atoms with Gasteiger partial charge in [-0.05, 0) is 168 Å². The molecule has 0 atom stereocenters. The van der Waals surface area contributed by atoms with Crippen LogP contribution >= 0.6 is 0 Å². The first-order valence-electron chi connectivity index (χ1n) is 48.6. The number of rotatable bonds is 22. The van der Waals surface area contributed by atoms with Crippen molar-refractivity contribution in [3.8, 4) is 246 Å². The Bertz CT molecular complexity index is 8210. The Morgan fingerprint density at radius 1 is 0.113 bits per heavy atom. The molecule has 150 heavy (non-hydrogen) atoms. The molecule has 0 aliphatic heterocycles. The molecule has 14 aromatic carbocycles. The summed E-state index contributed by atoms with van der Waals surface area (Å²) in [5.41, 5.74) is 38.9. The molecule has 706 valence electrons. The van der Waals surface area contributed by atoms with Crippen LogP contribution in [0.4, 0.5) is 0 Å². The predicted octanol–water partition coefficient (Wildman–Crippen LogP) is 29.0. The summed E-state index contributed by atoms with van der Waals surface area (Å²) in [6.45, 7) is 0. The Morgan fingerprint density at radius 3 is 0.547 bits per heavy atom. The van der Waals surface area contributed by atoms with Crippen LogP contribution in [0.25, 0.3) is 246 Å². The largest absolute Gasteiger partial charge is 0.256 e. The van der Waals surface area contributed by atoms with Crippen LogP contribution in [-0.2, 0) is 0 Å². The molecule has 0 aliphatic carbocycles. The summed E-state index contributed by atoms with van der Waals surface area (Å²) >= 11 is 0. The molecular weight excluding hydrogens is 1840 g/mol. The van der Waals surface area contributed by atoms with Crippen LogP contribution in [0, 0.1) is 0 Å². The van der Waals surface area contributed by atoms with Crippen molar-refractivity contribution >= 4 is 0 Å². The van der Waals surface area contributed by atoms with Gasteiger partial charge in [0.25, 0.3) is 0 Å². The van der Waals surface area contributed by atoms with Gasteiger partial charge in [0.2, 0.25) is 0 Å². The van der Waals surface area contributed by atoms with Gasteiger partial charge in [-0.3, -0.25) is 4.98 Å². The zero-order valence-corrected chi connectivity index (χ0v) is 80.5. The van der Waals surface area contributed by atoms with E-state index in [0.29, 0.717) is 17.5 Å². The first-order chi connectivity index (χ1) is 74.3. The van der Waals surface area contributed by atoms with Gasteiger partial charge in [0.15, 0.2) is 17.5 Å². The number of hydrogen-bond acceptors (Lipinski definition) is 21. The van der Waals surface area contributed by atoms with Crippen molar-refractivity contribution < 1.29 is 0 Å². The third-order valence-electron chi connectivity index (χ3n) is 25.6. The van der Waals surface area contributed by atoms with Crippen LogP contribution in [0.2, 0.25) is 0 Å². The van der Waals surface area contributed by atoms with Gasteiger partial charge in [0.05, 0.1) is 39.9 Å². The third-order valence-corrected chi connectivity index (χ3v) is 25.6. The number of aromatic nitrogens is 21. The van der Waals surface area contributed by atoms with E-state index in [1.165, 1.54) is 42.8 Å². The van der Waals surface area contributed by atoms with E-state index >= 15 is 0 Å². The summed E-state index contributed by atoms with van der Waals surface area (Å²) in [6, 6.07) is 131. The van der Waals surface area contributed by atoms with Crippen LogP contribution in [0.15, 0.2) is 519 Å². The molecule has 0 saturated carbocycles. The number of hydrogen-bond donors (Lipinski definition) is 0. The lowest BCUT2D eigenvalue weighted by Crippen LogP contribution is -2.01. The SMILES string of the molecule is c1cc(-c2cncnc2)cc(-c2nc(-c3cccc(-c4cncnc4)c3)c(-c3cccc(-c4cncnc4)c3)c(-c3cccc(-c4cncnc4)c3)n2)c1.c1ccc(-c2cccc(-c3c(-c4cccc(-c5cncnc5)c4)nc(-c4cccc(-c5cncnc5)c4)nc3-c3cccc(-c4cncnc4)c3)c2)cc1.c1ccc(-c2cccc(-c3cc(-c4cccc(-c5ccccc5)c4)nc(-c4cccc(-c5ccccn5)c4)n3)c2)cc1. The summed E-state index contributed by atoms with van der Waals surface area (Å²) in [4.78, 5) is 96.3. The van der Waals surface area contributed by atoms with Crippen molar-refractivity contribution in [2.45, 2.75) is 0 Å². The van der Waals surface area contributed by atoms with Crippen LogP contribution in [-0.4, -0.2) is 105 Å². The third kappa shape index (κ3) is 21.1. The smallest absolute Gasteiger partial charge is 0.160 e. The monoisotopic (exact) mass is 1930 g/mol. The molecule has 21 heteroatoms. The Hall–Kier alpha value is -21.0. The molecule has 0 amide bonds. The summed E-state index contributed by atoms with van der Waals surface area (Å²) in [6.07, 6.45) is 38.0. The second kappa shape index (κ2) is 43.9. The molecule has 0 radical (unpaired) electrons. The molecule has 11 aromatic heterocycles. The van der Waals surface area contributed by atoms with E-state index in [4.69, 9.17) is 29.9 Å². The maximum Gasteiger partial charge on any atom is 0.160 e. The zero-order chi connectivity index (χ0) is 100. The molecule has 25 rings (SSSR count). The van der Waals surface area contributed by atoms with E-state index in [9.17, 15) is 0 Å². The fourth-order valence-corrected chi connectivity index (χ4v) is 18.3. The number of pyridine rings is 1. The van der Waals surface area contributed by atoms with E-state index < -0.39 is 0 Å². The highest BCUT2D eigenvalue weighted by atomic mass is 14.9. The summed E-state index contributed by atoms with van der Waals surface area (Å²) in [5, 5.41) is 0. The highest BCUT2D eigenvalue weighted by molar-refractivity contribution is 5.98. The van der Waals surface area contributed by atoms with Crippen molar-refractivity contribution in [2.75, 3.05) is 0 Å². The fraction of sp³-hybridized carbons (Fsp3) is 0. The molecule has 0 bridgehead atoms. The van der Waals surface area contributed by atoms with E-state index in [0.717, 1.165) is 218 Å². The topological polar surface area (TPSA) is 271 Å². The molecule has 0 unspecified atom stereocenters. The second-order valence-corrected chi connectivity index (χ2v) is 35.3. The van der Waals surface area contributed by atoms with Gasteiger partial charge in [-0.15, -0.1) is 0 Å². The molecule has 0 spiro atoms. The summed E-state index contributed by atoms with van der Waals surface area (Å²) in [5.74, 6) is 1.83. The maximum absolute atomic E-state index is 5.43. The Morgan fingerprint density at radius 2 is 0.293 bits per heavy atom. The van der Waals surface area contributed by atoms with Crippen molar-refractivity contribution in [3.63, 3.8) is 0 Å². The van der Waals surface area contributed by atoms with Gasteiger partial charge in [0.1, 0.15) is 44.3 Å². The van der Waals surface area contributed by atoms with E-state index in [1.807, 2.05) is 178 Å². The van der Waals surface area contributed by atoms with Crippen LogP contribution < -0.4 is 0 Å². The number of benzene rings is 14. The lowest BCUT2D eigenvalue weighted by Gasteiger charge is -2.19. The number of nitrogens with zero attached hydrogens (tertiary/aromatic N) is 21. The Labute approximate surface area is 864 Å². The summed E-state index contributed by atoms with van der Waals surface area (Å²) in [7, 11) is 0. The van der Waals surface area contributed by atoms with Gasteiger partial charge in [-0.1, -0.05) is 297 Å². The van der Waals surface area contributed by atoms with Crippen molar-refractivity contribution in [1.29, 1.82) is 0 Å². The molecule has 0 fully saturated rings. The van der Waals surface area contributed by atoms with E-state index in [1.54, 1.807) is 25.0 Å². The highest BCUT2D eigenvalue weighted by Crippen LogP contribution is 2.47. The quantitative estimate of drug-likeness (QED) is 0.0610. The van der Waals surface area contributed by atoms with Crippen LogP contribution in [0.1, 0.15) is 0 Å². The minimum Gasteiger partial charge on any atom is -0.256 e. The van der Waals surface area contributed by atoms with Gasteiger partial charge < -0.3 is 0 Å². The standard InChI is InChI=1S/C46H30N8.C44H28N10.C39H27N3/c1-2-8-31(9-3-1)32-10-4-14-36(18-32)43-44(37-15-5-11-33(19-37)40-22-47-28-48-23-40)53-46(39-17-7-13-35(21-39)42-26-51-30-52-27-42)54-45(43)38-16-6-12-34(20-38)41-24-49-29-50-25-41;1-5-29(37-17-45-25-46-18-37)13-33(9-1)41-42(34-10-2-6-30(14-34)38-19-47-26-48-20-38)53-44(36-12-4-8-32(16-36)40-23-51-28-52-24-40)54-43(41)35-11-3-7-31(15-35)39-21-49-27-50-22-39;1-3-12-28(13-4-1)30-16-9-19-33(24-30)37-27-38(34-20-10-17-31(25-34)29-14-5-2-6-15-29)42-39(41-37)35-21-11-18-32(26-35)36-22-7-8-23-40-36/h1-30H;1-28H;1-27H. The van der Waals surface area contributed by atoms with E-state index in [-0.39, 0.29) is 0 Å². The zero-order valence-electron chi connectivity index (χ0n) is 80.5. The van der Waals surface area contributed by atoms with Crippen LogP contribution in [0.5, 0.6) is 0 Å². The molecule has 25 aromatic rings. The lowest BCUT2D eigenvalue weighted by atomic mass is 9.90. The highest BCUT2D eigenvalue weighted by Gasteiger charge is 2.27. The maximum atomic E-state index is 5.43. The molecule has 0 N–H and O–H groups in total. The minimum absolute atomic E-state index is 0.567.